The zero-order valence-electron chi connectivity index (χ0n) is 63.0. The topological polar surface area (TPSA) is 464 Å². The number of alkyl carbamates (subject to hydrolysis) is 1. The van der Waals surface area contributed by atoms with Gasteiger partial charge >= 0.3 is 30.0 Å². The number of aromatic nitrogens is 3. The number of halogens is 3. The lowest BCUT2D eigenvalue weighted by molar-refractivity contribution is -0.153. The fourth-order valence-electron chi connectivity index (χ4n) is 8.45. The van der Waals surface area contributed by atoms with Crippen molar-refractivity contribution in [3.8, 4) is 6.07 Å². The number of nitriles is 1. The van der Waals surface area contributed by atoms with Gasteiger partial charge in [-0.05, 0) is 125 Å². The van der Waals surface area contributed by atoms with Crippen LogP contribution in [0.5, 0.6) is 0 Å². The zero-order valence-corrected chi connectivity index (χ0v) is 63.0. The minimum absolute atomic E-state index is 0.00128. The molecule has 0 spiro atoms. The van der Waals surface area contributed by atoms with Gasteiger partial charge in [-0.3, -0.25) is 43.2 Å². The molecule has 0 saturated carbocycles. The van der Waals surface area contributed by atoms with Crippen LogP contribution < -0.4 is 48.3 Å². The standard InChI is InChI=1S/C28H39FN4O7.C22H29FN4O6.C22H27FN4O5.C2H3N/c1-8-10-11-12-21(13-17(3)34)39-26(37)18(4)31-24(35)22(9-2)33-25(36)23-15-19(29)14-20(32-23)16-30-27(38)40-28(5,6)7;1-4-6-7-8-16(11-19(28)29)33-22(32)13(3)25-20(30)17(5-2)27-21(31)18-10-14(23)9-15(12-24)26-18;1-4-6-7-8-16-11-19(28)24-12-15-9-14(23)10-18(26-15)21(30)27-17(5-2)20(29)25-13(3)22(31)32-16;1-2-3/h9,11-12,14-15,18,21H,8,10,13,16H2,1-7H3,(H,30,38)(H,31,35)(H,33,36);5,7-10,13,16H,4,6,11-12,24H2,1-3H3,(H,25,30)(H,27,31)(H,28,29);5,7-10,13,16H,4,6,11-12H2,1-3H3,(H,24,28)(H,25,29)(H,27,30);1H3/b12-11+,22-9-;2*8-7+,17-5-;/t18-,21+;2*13-,16+;/m000./s1. The predicted molar refractivity (Wildman–Crippen MR) is 387 cm³/mol. The number of hydrogen-bond donors (Lipinski definition) is 10. The second kappa shape index (κ2) is 49.9. The number of ether oxygens (including phenoxy) is 4. The van der Waals surface area contributed by atoms with E-state index in [0.29, 0.717) is 6.42 Å². The number of amides is 8. The molecule has 6 atom stereocenters. The van der Waals surface area contributed by atoms with E-state index in [0.717, 1.165) is 68.5 Å². The molecule has 3 aromatic heterocycles. The number of nitrogens with one attached hydrogen (secondary N) is 8. The lowest BCUT2D eigenvalue weighted by Gasteiger charge is -2.19. The molecule has 4 rings (SSSR count). The summed E-state index contributed by atoms with van der Waals surface area (Å²) >= 11 is 0. The Morgan fingerprint density at radius 3 is 1.68 bits per heavy atom. The molecular weight excluding hydrogens is 1420 g/mol. The number of unbranched alkanes of at least 4 members (excludes halogenated alkanes) is 3. The Labute approximate surface area is 625 Å². The summed E-state index contributed by atoms with van der Waals surface area (Å²) in [5.74, 6) is -11.2. The van der Waals surface area contributed by atoms with E-state index in [1.807, 2.05) is 26.8 Å². The molecule has 0 radical (unpaired) electrons. The van der Waals surface area contributed by atoms with Crippen LogP contribution in [0.2, 0.25) is 0 Å². The van der Waals surface area contributed by atoms with E-state index in [1.165, 1.54) is 79.7 Å². The number of allylic oxidation sites excluding steroid dienone is 6. The van der Waals surface area contributed by atoms with Crippen molar-refractivity contribution in [1.29, 1.82) is 5.26 Å². The normalized spacial score (nSPS) is 15.7. The largest absolute Gasteiger partial charge is 0.481 e. The Morgan fingerprint density at radius 2 is 1.21 bits per heavy atom. The number of hydrogen-bond acceptors (Lipinski definition) is 22. The van der Waals surface area contributed by atoms with Crippen molar-refractivity contribution < 1.29 is 99.6 Å². The highest BCUT2D eigenvalue weighted by Gasteiger charge is 2.29. The summed E-state index contributed by atoms with van der Waals surface area (Å²) in [6.07, 6.45) is 14.8. The van der Waals surface area contributed by atoms with E-state index in [4.69, 9.17) is 35.0 Å². The Morgan fingerprint density at radius 1 is 0.731 bits per heavy atom. The van der Waals surface area contributed by atoms with Crippen LogP contribution >= 0.6 is 0 Å². The lowest BCUT2D eigenvalue weighted by Crippen LogP contribution is -2.44. The van der Waals surface area contributed by atoms with Crippen LogP contribution in [0.3, 0.4) is 0 Å². The molecule has 0 fully saturated rings. The first kappa shape index (κ1) is 94.3. The first-order chi connectivity index (χ1) is 50.9. The first-order valence-electron chi connectivity index (χ1n) is 34.3. The number of nitrogens with two attached hydrogens (primary N) is 1. The smallest absolute Gasteiger partial charge is 0.407 e. The number of Topliss-reactive ketones (excluding diaryl/α,β-unsaturated/α-hetero) is 1. The van der Waals surface area contributed by atoms with Crippen LogP contribution in [-0.2, 0) is 81.7 Å². The molecule has 0 unspecified atom stereocenters. The quantitative estimate of drug-likeness (QED) is 0.0147. The van der Waals surface area contributed by atoms with Crippen molar-refractivity contribution in [3.63, 3.8) is 0 Å². The van der Waals surface area contributed by atoms with Crippen molar-refractivity contribution in [2.75, 3.05) is 0 Å². The Hall–Kier alpha value is -11.8. The first-order valence-corrected chi connectivity index (χ1v) is 34.3. The molecule has 588 valence electrons. The van der Waals surface area contributed by atoms with Crippen LogP contribution in [0.4, 0.5) is 18.0 Å². The number of aliphatic carboxylic acids is 1. The van der Waals surface area contributed by atoms with Gasteiger partial charge in [0, 0.05) is 38.1 Å². The summed E-state index contributed by atoms with van der Waals surface area (Å²) in [6.45, 7) is 22.0. The number of rotatable bonds is 28. The molecule has 31 nitrogen and oxygen atoms in total. The summed E-state index contributed by atoms with van der Waals surface area (Å²) in [5.41, 5.74) is 3.58. The predicted octanol–water partition coefficient (Wildman–Crippen LogP) is 7.37. The number of carbonyl (C=O) groups excluding carboxylic acids is 12. The van der Waals surface area contributed by atoms with E-state index >= 15 is 0 Å². The minimum atomic E-state index is -1.15. The Bertz CT molecular complexity index is 3880. The van der Waals surface area contributed by atoms with E-state index in [1.54, 1.807) is 51.1 Å². The van der Waals surface area contributed by atoms with Gasteiger partial charge in [0.25, 0.3) is 35.4 Å². The maximum atomic E-state index is 14.2. The van der Waals surface area contributed by atoms with Gasteiger partial charge in [-0.25, -0.2) is 47.3 Å². The molecule has 0 aliphatic carbocycles. The Balaban J connectivity index is 0.000000800. The molecule has 11 N–H and O–H groups in total. The maximum absolute atomic E-state index is 14.2. The summed E-state index contributed by atoms with van der Waals surface area (Å²) in [4.78, 5) is 171. The summed E-state index contributed by atoms with van der Waals surface area (Å²) in [5, 5.41) is 35.5. The zero-order chi connectivity index (χ0) is 81.8. The molecule has 0 saturated heterocycles. The third-order valence-electron chi connectivity index (χ3n) is 13.6. The molecule has 4 heterocycles. The highest BCUT2D eigenvalue weighted by molar-refractivity contribution is 6.05. The van der Waals surface area contributed by atoms with Gasteiger partial charge in [-0.2, -0.15) is 5.26 Å². The van der Waals surface area contributed by atoms with Gasteiger partial charge in [0.05, 0.1) is 49.1 Å². The SMILES string of the molecule is C/C=C(\NC(=O)c1cc(F)cc(CN)n1)C(=O)N[C@@H](C)C(=O)O[C@H](/C=C/CCC)CC(=O)O.C/C=C(\NC(=O)c1cc(F)cc(CNC(=O)OC(C)(C)C)n1)C(=O)N[C@@H](C)C(=O)O[C@H](/C=C/CCC)CC(C)=O.C/C=C1\NC(=O)c2cc(F)cc(n2)CNC(=O)C[C@@H](/C=C/CCC)OC(=O)[C@H](C)NC1=O.CC#N. The van der Waals surface area contributed by atoms with Crippen LogP contribution in [0.1, 0.15) is 203 Å². The van der Waals surface area contributed by atoms with Gasteiger partial charge in [-0.15, -0.1) is 0 Å². The molecule has 8 amide bonds. The van der Waals surface area contributed by atoms with Gasteiger partial charge in [0.1, 0.15) is 99.4 Å². The lowest BCUT2D eigenvalue weighted by atomic mass is 10.1. The van der Waals surface area contributed by atoms with Gasteiger partial charge in [0.15, 0.2) is 0 Å². The molecular formula is C74H98F3N13O18. The number of carboxylic acids is 1. The number of carbonyl (C=O) groups is 13. The molecule has 2 bridgehead atoms. The van der Waals surface area contributed by atoms with Crippen LogP contribution in [0, 0.1) is 28.8 Å². The third kappa shape index (κ3) is 38.3. The number of cyclic esters (lactones) is 1. The van der Waals surface area contributed by atoms with E-state index in [-0.39, 0.29) is 89.5 Å². The summed E-state index contributed by atoms with van der Waals surface area (Å²) in [7, 11) is 0. The van der Waals surface area contributed by atoms with Crippen molar-refractivity contribution >= 4 is 77.1 Å². The van der Waals surface area contributed by atoms with E-state index < -0.39 is 137 Å². The number of carboxylic acid groups (broad SMARTS) is 1. The second-order valence-electron chi connectivity index (χ2n) is 24.4. The fourth-order valence-corrected chi connectivity index (χ4v) is 8.45. The van der Waals surface area contributed by atoms with Crippen molar-refractivity contribution in [3.05, 3.63) is 160 Å². The summed E-state index contributed by atoms with van der Waals surface area (Å²) in [6, 6.07) is 4.36. The fraction of sp³-hybridized carbons (Fsp3) is 0.446. The van der Waals surface area contributed by atoms with Gasteiger partial charge in [0.2, 0.25) is 5.91 Å². The van der Waals surface area contributed by atoms with Crippen molar-refractivity contribution in [2.45, 2.75) is 216 Å². The molecule has 108 heavy (non-hydrogen) atoms. The molecule has 34 heteroatoms. The number of pyridine rings is 3. The minimum Gasteiger partial charge on any atom is -0.481 e. The highest BCUT2D eigenvalue weighted by Crippen LogP contribution is 2.15. The monoisotopic (exact) mass is 1510 g/mol. The van der Waals surface area contributed by atoms with Crippen LogP contribution in [-0.4, -0.2) is 139 Å². The second-order valence-corrected chi connectivity index (χ2v) is 24.4. The molecule has 3 aromatic rings. The Kier molecular flexibility index (Phi) is 43.5. The number of fused-ring (bicyclic) bond motifs is 2. The van der Waals surface area contributed by atoms with E-state index in [2.05, 4.69) is 57.5 Å². The number of esters is 3. The summed E-state index contributed by atoms with van der Waals surface area (Å²) < 4.78 is 62.9. The van der Waals surface area contributed by atoms with Gasteiger partial charge < -0.3 is 72.3 Å². The molecule has 1 aliphatic heterocycles. The highest BCUT2D eigenvalue weighted by atomic mass is 19.1. The average Bonchev–Trinajstić information content (AvgIpc) is 0.855. The molecule has 1 aliphatic rings. The average molecular weight is 1510 g/mol. The van der Waals surface area contributed by atoms with Gasteiger partial charge in [-0.1, -0.05) is 76.5 Å². The molecule has 0 aromatic carbocycles. The third-order valence-corrected chi connectivity index (χ3v) is 13.6. The van der Waals surface area contributed by atoms with Crippen LogP contribution in [0.15, 0.2) is 108 Å². The van der Waals surface area contributed by atoms with Crippen LogP contribution in [0.25, 0.3) is 0 Å². The maximum Gasteiger partial charge on any atom is 0.407 e. The van der Waals surface area contributed by atoms with Crippen molar-refractivity contribution in [2.24, 2.45) is 5.73 Å². The number of ketones is 1. The number of nitrogens with zero attached hydrogens (tertiary/aromatic N) is 4. The van der Waals surface area contributed by atoms with E-state index in [9.17, 15) is 75.5 Å². The van der Waals surface area contributed by atoms with Crippen molar-refractivity contribution in [1.82, 2.24) is 57.5 Å².